The molecule has 0 amide bonds. The zero-order valence-electron chi connectivity index (χ0n) is 22.2. The van der Waals surface area contributed by atoms with Crippen LogP contribution >= 0.6 is 7.81 Å². The number of thiol groups is 1. The average Bonchev–Trinajstić information content (AvgIpc) is 3.20. The van der Waals surface area contributed by atoms with Crippen molar-refractivity contribution in [3.8, 4) is 0 Å². The second kappa shape index (κ2) is 10.3. The second-order valence-electron chi connectivity index (χ2n) is 12.6. The molecule has 0 heterocycles. The molecule has 0 spiro atoms. The summed E-state index contributed by atoms with van der Waals surface area (Å²) in [7, 11) is 0.537. The van der Waals surface area contributed by atoms with E-state index in [0.29, 0.717) is 17.4 Å². The molecule has 0 aliphatic heterocycles. The molecule has 4 aliphatic carbocycles. The molecule has 4 aliphatic rings. The van der Waals surface area contributed by atoms with Gasteiger partial charge in [-0.2, -0.15) is 8.42 Å². The number of fused-ring (bicyclic) bond motifs is 5. The standard InChI is InChI=1S/C29H42O4PS2/c1-19-5-8-23(9-6-19)36(30,31)32-18-20(2)25-11-12-26-24-10-7-21-17-22(33-35-34)13-15-28(21,3)27(24)14-16-29(25,26)4/h5-9,20,22,24-27,35H,10-18H2,1-4H3/q-1/t20-,22+,24+,25-,26+,27+,28+,29-/m1/s1. The van der Waals surface area contributed by atoms with Crippen molar-refractivity contribution in [1.82, 2.24) is 0 Å². The first-order chi connectivity index (χ1) is 17.1. The van der Waals surface area contributed by atoms with Gasteiger partial charge < -0.3 is 0 Å². The van der Waals surface area contributed by atoms with Crippen molar-refractivity contribution in [3.05, 3.63) is 41.5 Å². The van der Waals surface area contributed by atoms with Crippen LogP contribution in [-0.4, -0.2) is 21.1 Å². The van der Waals surface area contributed by atoms with E-state index in [1.54, 1.807) is 17.7 Å². The summed E-state index contributed by atoms with van der Waals surface area (Å²) in [5, 5.41) is 0. The zero-order chi connectivity index (χ0) is 25.7. The van der Waals surface area contributed by atoms with Crippen LogP contribution in [-0.2, 0) is 29.5 Å². The molecule has 5 rings (SSSR count). The molecule has 3 fully saturated rings. The van der Waals surface area contributed by atoms with Gasteiger partial charge in [0.1, 0.15) is 0 Å². The van der Waals surface area contributed by atoms with Crippen molar-refractivity contribution in [2.45, 2.75) is 90.1 Å². The SMILES string of the molecule is Cc1ccc(S(=O)(=O)OC[C@@H](C)[C@H]2CC[C@H]3[C@@H]4CC=C5C[C@@H](O[SH-]#P)CC[C@]5(C)[C@H]4CC[C@]23C)cc1. The molecule has 4 nitrogen and oxygen atoms in total. The molecule has 1 aromatic rings. The molecular weight excluding hydrogens is 507 g/mol. The van der Waals surface area contributed by atoms with Crippen molar-refractivity contribution in [3.63, 3.8) is 0 Å². The van der Waals surface area contributed by atoms with Crippen LogP contribution in [0, 0.1) is 47.3 Å². The predicted octanol–water partition coefficient (Wildman–Crippen LogP) is 7.36. The van der Waals surface area contributed by atoms with E-state index in [-0.39, 0.29) is 22.8 Å². The first kappa shape index (κ1) is 27.2. The molecule has 1 aromatic carbocycles. The normalized spacial score (nSPS) is 39.0. The number of hydrogen-bond donors (Lipinski definition) is 0. The predicted molar refractivity (Wildman–Crippen MR) is 149 cm³/mol. The summed E-state index contributed by atoms with van der Waals surface area (Å²) >= 11 is 0.743. The van der Waals surface area contributed by atoms with Gasteiger partial charge in [0.15, 0.2) is 0 Å². The van der Waals surface area contributed by atoms with Crippen molar-refractivity contribution < 1.29 is 16.8 Å². The van der Waals surface area contributed by atoms with Gasteiger partial charge in [0, 0.05) is 0 Å². The van der Waals surface area contributed by atoms with E-state index in [1.807, 2.05) is 19.1 Å². The Balaban J connectivity index is 1.28. The van der Waals surface area contributed by atoms with E-state index >= 15 is 0 Å². The fourth-order valence-electron chi connectivity index (χ4n) is 8.85. The van der Waals surface area contributed by atoms with Gasteiger partial charge >= 0.3 is 146 Å². The Hall–Kier alpha value is -0.390. The molecule has 0 saturated heterocycles. The van der Waals surface area contributed by atoms with E-state index in [0.717, 1.165) is 47.2 Å². The van der Waals surface area contributed by atoms with Crippen LogP contribution in [0.5, 0.6) is 0 Å². The molecule has 3 saturated carbocycles. The van der Waals surface area contributed by atoms with Gasteiger partial charge in [0.25, 0.3) is 10.1 Å². The zero-order valence-corrected chi connectivity index (χ0v) is 24.8. The number of benzene rings is 1. The van der Waals surface area contributed by atoms with Crippen molar-refractivity contribution in [2.75, 3.05) is 6.61 Å². The van der Waals surface area contributed by atoms with Gasteiger partial charge in [-0.15, -0.1) is 0 Å². The van der Waals surface area contributed by atoms with E-state index in [1.165, 1.54) is 38.5 Å². The molecule has 36 heavy (non-hydrogen) atoms. The van der Waals surface area contributed by atoms with E-state index in [4.69, 9.17) is 8.37 Å². The second-order valence-corrected chi connectivity index (χ2v) is 15.0. The molecule has 0 bridgehead atoms. The van der Waals surface area contributed by atoms with Crippen molar-refractivity contribution in [2.24, 2.45) is 40.4 Å². The molecule has 0 radical (unpaired) electrons. The number of hydrogen-bond acceptors (Lipinski definition) is 5. The van der Waals surface area contributed by atoms with Crippen LogP contribution in [0.3, 0.4) is 0 Å². The Morgan fingerprint density at radius 3 is 2.56 bits per heavy atom. The van der Waals surface area contributed by atoms with Gasteiger partial charge in [-0.3, -0.25) is 4.18 Å². The molecule has 7 heteroatoms. The summed E-state index contributed by atoms with van der Waals surface area (Å²) in [5.41, 5.74) is 3.26. The summed E-state index contributed by atoms with van der Waals surface area (Å²) < 4.78 is 37.1. The minimum absolute atomic E-state index is 0.218. The molecular formula is C29H42O4PS2-. The molecule has 0 unspecified atom stereocenters. The smallest absolute Gasteiger partial charge is 0.0408 e. The first-order valence-corrected chi connectivity index (χ1v) is 17.1. The molecule has 0 N–H and O–H groups in total. The third-order valence-corrected chi connectivity index (χ3v) is 12.8. The maximum Gasteiger partial charge on any atom is -0.0408 e. The summed E-state index contributed by atoms with van der Waals surface area (Å²) in [6.07, 6.45) is 12.5. The molecule has 200 valence electrons. The van der Waals surface area contributed by atoms with Gasteiger partial charge in [-0.25, -0.2) is 0 Å². The van der Waals surface area contributed by atoms with Gasteiger partial charge in [0.05, 0.1) is 11.5 Å². The van der Waals surface area contributed by atoms with E-state index in [9.17, 15) is 8.42 Å². The number of allylic oxidation sites excluding steroid dienone is 1. The van der Waals surface area contributed by atoms with Crippen LogP contribution in [0.15, 0.2) is 40.8 Å². The van der Waals surface area contributed by atoms with Crippen LogP contribution in [0.25, 0.3) is 0 Å². The Morgan fingerprint density at radius 1 is 1.08 bits per heavy atom. The summed E-state index contributed by atoms with van der Waals surface area (Å²) in [5.74, 6) is 2.95. The van der Waals surface area contributed by atoms with Crippen molar-refractivity contribution in [1.29, 1.82) is 0 Å². The third kappa shape index (κ3) is 4.76. The minimum atomic E-state index is -3.72. The van der Waals surface area contributed by atoms with E-state index < -0.39 is 10.1 Å². The van der Waals surface area contributed by atoms with Crippen LogP contribution in [0.2, 0.25) is 0 Å². The minimum Gasteiger partial charge on any atom is -0.0579 e. The topological polar surface area (TPSA) is 52.6 Å². The fraction of sp³-hybridized carbons (Fsp3) is 0.724. The quantitative estimate of drug-likeness (QED) is 0.122. The average molecular weight is 550 g/mol. The van der Waals surface area contributed by atoms with Gasteiger partial charge in [0.2, 0.25) is 0 Å². The Bertz CT molecular complexity index is 1160. The maximum atomic E-state index is 12.8. The maximum absolute atomic E-state index is 12.8. The van der Waals surface area contributed by atoms with Crippen molar-refractivity contribution >= 4 is 29.0 Å². The Kier molecular flexibility index (Phi) is 7.78. The summed E-state index contributed by atoms with van der Waals surface area (Å²) in [6, 6.07) is 6.94. The third-order valence-electron chi connectivity index (χ3n) is 10.8. The number of aryl methyl sites for hydroxylation is 1. The summed E-state index contributed by atoms with van der Waals surface area (Å²) in [6.45, 7) is 9.47. The Labute approximate surface area is 223 Å². The van der Waals surface area contributed by atoms with Gasteiger partial charge in [-0.1, -0.05) is 24.6 Å². The van der Waals surface area contributed by atoms with Gasteiger partial charge in [-0.05, 0) is 19.1 Å². The largest absolute Gasteiger partial charge is 0.0579 e. The molecule has 0 aromatic heterocycles. The fourth-order valence-corrected chi connectivity index (χ4v) is 10.6. The number of rotatable bonds is 6. The Morgan fingerprint density at radius 2 is 1.83 bits per heavy atom. The summed E-state index contributed by atoms with van der Waals surface area (Å²) in [4.78, 5) is 0.253. The monoisotopic (exact) mass is 549 g/mol. The first-order valence-electron chi connectivity index (χ1n) is 13.7. The van der Waals surface area contributed by atoms with E-state index in [2.05, 4.69) is 34.7 Å². The van der Waals surface area contributed by atoms with Crippen LogP contribution < -0.4 is 0 Å². The van der Waals surface area contributed by atoms with Crippen LogP contribution in [0.4, 0.5) is 0 Å². The van der Waals surface area contributed by atoms with Crippen LogP contribution in [0.1, 0.15) is 77.7 Å². The molecule has 8 atom stereocenters.